The standard InChI is InChI=1S/C9H14NO2P/c1-12-8-5-4-7(10)6-9(8)13(2,3)11/h4-6H,10H2,1-3H3. The molecule has 0 aliphatic carbocycles. The van der Waals surface area contributed by atoms with E-state index in [9.17, 15) is 4.57 Å². The monoisotopic (exact) mass is 199 g/mol. The number of hydrogen-bond acceptors (Lipinski definition) is 3. The maximum Gasteiger partial charge on any atom is 0.129 e. The van der Waals surface area contributed by atoms with Crippen LogP contribution in [0.15, 0.2) is 18.2 Å². The lowest BCUT2D eigenvalue weighted by molar-refractivity contribution is 0.418. The Bertz CT molecular complexity index is 357. The van der Waals surface area contributed by atoms with Crippen LogP contribution in [0.4, 0.5) is 5.69 Å². The third-order valence-corrected chi connectivity index (χ3v) is 3.29. The first-order valence-electron chi connectivity index (χ1n) is 3.94. The van der Waals surface area contributed by atoms with Crippen molar-refractivity contribution in [2.45, 2.75) is 0 Å². The van der Waals surface area contributed by atoms with Crippen LogP contribution in [0.3, 0.4) is 0 Å². The zero-order valence-electron chi connectivity index (χ0n) is 8.07. The summed E-state index contributed by atoms with van der Waals surface area (Å²) >= 11 is 0. The maximum absolute atomic E-state index is 11.8. The Hall–Kier alpha value is -0.950. The van der Waals surface area contributed by atoms with Crippen LogP contribution >= 0.6 is 7.14 Å². The van der Waals surface area contributed by atoms with Crippen molar-refractivity contribution >= 4 is 18.1 Å². The van der Waals surface area contributed by atoms with Crippen molar-refractivity contribution in [2.24, 2.45) is 0 Å². The smallest absolute Gasteiger partial charge is 0.129 e. The van der Waals surface area contributed by atoms with Crippen molar-refractivity contribution in [1.82, 2.24) is 0 Å². The molecule has 0 unspecified atom stereocenters. The van der Waals surface area contributed by atoms with Crippen LogP contribution in [0, 0.1) is 0 Å². The second kappa shape index (κ2) is 3.43. The molecule has 72 valence electrons. The second-order valence-corrected chi connectivity index (χ2v) is 6.47. The number of nitrogens with two attached hydrogens (primary N) is 1. The number of benzene rings is 1. The zero-order valence-corrected chi connectivity index (χ0v) is 8.97. The SMILES string of the molecule is COc1ccc(N)cc1P(C)(C)=O. The molecule has 2 N–H and O–H groups in total. The fraction of sp³-hybridized carbons (Fsp3) is 0.333. The lowest BCUT2D eigenvalue weighted by atomic mass is 10.3. The topological polar surface area (TPSA) is 52.3 Å². The first-order chi connectivity index (χ1) is 5.95. The van der Waals surface area contributed by atoms with Crippen molar-refractivity contribution in [3.8, 4) is 5.75 Å². The van der Waals surface area contributed by atoms with Gasteiger partial charge in [0.1, 0.15) is 12.9 Å². The Labute approximate surface area is 78.3 Å². The minimum Gasteiger partial charge on any atom is -0.496 e. The van der Waals surface area contributed by atoms with Crippen LogP contribution in [0.5, 0.6) is 5.75 Å². The van der Waals surface area contributed by atoms with Gasteiger partial charge in [-0.2, -0.15) is 0 Å². The molecular weight excluding hydrogens is 185 g/mol. The highest BCUT2D eigenvalue weighted by Crippen LogP contribution is 2.38. The van der Waals surface area contributed by atoms with Crippen LogP contribution in [0.2, 0.25) is 0 Å². The molecule has 1 aromatic carbocycles. The third kappa shape index (κ3) is 2.25. The van der Waals surface area contributed by atoms with Gasteiger partial charge in [-0.05, 0) is 31.5 Å². The van der Waals surface area contributed by atoms with Gasteiger partial charge in [-0.1, -0.05) is 0 Å². The van der Waals surface area contributed by atoms with E-state index in [4.69, 9.17) is 10.5 Å². The van der Waals surface area contributed by atoms with E-state index in [0.717, 1.165) is 0 Å². The highest BCUT2D eigenvalue weighted by molar-refractivity contribution is 7.70. The van der Waals surface area contributed by atoms with Crippen molar-refractivity contribution in [1.29, 1.82) is 0 Å². The van der Waals surface area contributed by atoms with Crippen LogP contribution in [0.1, 0.15) is 0 Å². The lowest BCUT2D eigenvalue weighted by Gasteiger charge is -2.12. The van der Waals surface area contributed by atoms with E-state index in [-0.39, 0.29) is 0 Å². The van der Waals surface area contributed by atoms with E-state index in [1.165, 1.54) is 0 Å². The van der Waals surface area contributed by atoms with Gasteiger partial charge in [0.25, 0.3) is 0 Å². The van der Waals surface area contributed by atoms with E-state index >= 15 is 0 Å². The normalized spacial score (nSPS) is 11.3. The largest absolute Gasteiger partial charge is 0.496 e. The molecule has 0 fully saturated rings. The summed E-state index contributed by atoms with van der Waals surface area (Å²) in [5.74, 6) is 0.641. The summed E-state index contributed by atoms with van der Waals surface area (Å²) in [7, 11) is -0.744. The van der Waals surface area contributed by atoms with Crippen LogP contribution in [-0.2, 0) is 4.57 Å². The molecule has 0 bridgehead atoms. The average Bonchev–Trinajstić information content (AvgIpc) is 2.03. The summed E-state index contributed by atoms with van der Waals surface area (Å²) < 4.78 is 16.9. The first kappa shape index (κ1) is 10.1. The van der Waals surface area contributed by atoms with Gasteiger partial charge in [0.05, 0.1) is 12.4 Å². The van der Waals surface area contributed by atoms with E-state index in [0.29, 0.717) is 16.7 Å². The minimum absolute atomic E-state index is 0.611. The Morgan fingerprint density at radius 3 is 2.46 bits per heavy atom. The van der Waals surface area contributed by atoms with E-state index < -0.39 is 7.14 Å². The summed E-state index contributed by atoms with van der Waals surface area (Å²) in [5, 5.41) is 0.704. The molecule has 3 nitrogen and oxygen atoms in total. The van der Waals surface area contributed by atoms with Gasteiger partial charge in [-0.15, -0.1) is 0 Å². The summed E-state index contributed by atoms with van der Waals surface area (Å²) in [5.41, 5.74) is 6.21. The molecule has 0 aliphatic heterocycles. The third-order valence-electron chi connectivity index (χ3n) is 1.78. The summed E-state index contributed by atoms with van der Waals surface area (Å²) in [6, 6.07) is 5.18. The van der Waals surface area contributed by atoms with Crippen molar-refractivity contribution in [3.63, 3.8) is 0 Å². The Morgan fingerprint density at radius 2 is 2.00 bits per heavy atom. The maximum atomic E-state index is 11.8. The number of rotatable bonds is 2. The van der Waals surface area contributed by atoms with Gasteiger partial charge in [-0.25, -0.2) is 0 Å². The van der Waals surface area contributed by atoms with E-state index in [2.05, 4.69) is 0 Å². The second-order valence-electron chi connectivity index (χ2n) is 3.28. The fourth-order valence-electron chi connectivity index (χ4n) is 1.13. The zero-order chi connectivity index (χ0) is 10.1. The molecule has 4 heteroatoms. The molecular formula is C9H14NO2P. The molecule has 0 spiro atoms. The van der Waals surface area contributed by atoms with Gasteiger partial charge < -0.3 is 15.0 Å². The Kier molecular flexibility index (Phi) is 2.67. The Balaban J connectivity index is 3.33. The van der Waals surface area contributed by atoms with Gasteiger partial charge in [0.15, 0.2) is 0 Å². The highest BCUT2D eigenvalue weighted by atomic mass is 31.2. The minimum atomic E-state index is -2.30. The Morgan fingerprint density at radius 1 is 1.38 bits per heavy atom. The predicted molar refractivity (Wildman–Crippen MR) is 56.5 cm³/mol. The van der Waals surface area contributed by atoms with Gasteiger partial charge in [0.2, 0.25) is 0 Å². The molecule has 0 aromatic heterocycles. The van der Waals surface area contributed by atoms with Crippen LogP contribution < -0.4 is 15.8 Å². The molecule has 1 rings (SSSR count). The molecule has 0 saturated carbocycles. The molecule has 0 saturated heterocycles. The van der Waals surface area contributed by atoms with Gasteiger partial charge >= 0.3 is 0 Å². The van der Waals surface area contributed by atoms with Crippen molar-refractivity contribution in [2.75, 3.05) is 26.2 Å². The van der Waals surface area contributed by atoms with E-state index in [1.54, 1.807) is 38.6 Å². The van der Waals surface area contributed by atoms with Crippen LogP contribution in [-0.4, -0.2) is 20.4 Å². The number of ether oxygens (including phenoxy) is 1. The molecule has 0 radical (unpaired) electrons. The van der Waals surface area contributed by atoms with Crippen molar-refractivity contribution in [3.05, 3.63) is 18.2 Å². The number of anilines is 1. The molecule has 0 aliphatic rings. The number of methoxy groups -OCH3 is 1. The van der Waals surface area contributed by atoms with Crippen LogP contribution in [0.25, 0.3) is 0 Å². The van der Waals surface area contributed by atoms with Gasteiger partial charge in [-0.3, -0.25) is 0 Å². The van der Waals surface area contributed by atoms with Crippen molar-refractivity contribution < 1.29 is 9.30 Å². The summed E-state index contributed by atoms with van der Waals surface area (Å²) in [6.45, 7) is 3.40. The van der Waals surface area contributed by atoms with E-state index in [1.807, 2.05) is 0 Å². The fourth-order valence-corrected chi connectivity index (χ4v) is 2.28. The average molecular weight is 199 g/mol. The lowest BCUT2D eigenvalue weighted by Crippen LogP contribution is -2.08. The first-order valence-corrected chi connectivity index (χ1v) is 6.54. The molecule has 13 heavy (non-hydrogen) atoms. The molecule has 0 atom stereocenters. The number of nitrogen functional groups attached to an aromatic ring is 1. The molecule has 0 heterocycles. The molecule has 0 amide bonds. The number of hydrogen-bond donors (Lipinski definition) is 1. The summed E-state index contributed by atoms with van der Waals surface area (Å²) in [4.78, 5) is 0. The molecule has 1 aromatic rings. The highest BCUT2D eigenvalue weighted by Gasteiger charge is 2.16. The quantitative estimate of drug-likeness (QED) is 0.580. The summed E-state index contributed by atoms with van der Waals surface area (Å²) in [6.07, 6.45) is 0. The predicted octanol–water partition coefficient (Wildman–Crippen LogP) is 1.53. The van der Waals surface area contributed by atoms with Gasteiger partial charge in [0, 0.05) is 5.69 Å².